The van der Waals surface area contributed by atoms with Gasteiger partial charge in [0.25, 0.3) is 0 Å². The number of rotatable bonds is 1. The quantitative estimate of drug-likeness (QED) is 0.623. The SMILES string of the molecule is CC(=O)OC1=CC2=CCC3C(CCC4(C)C3CCC43OCCO3)C2(C)CC1. The molecule has 5 unspecified atom stereocenters. The van der Waals surface area contributed by atoms with E-state index in [9.17, 15) is 4.79 Å². The molecule has 0 aromatic heterocycles. The number of esters is 1. The average molecular weight is 373 g/mol. The third-order valence-electron chi connectivity index (χ3n) is 8.80. The van der Waals surface area contributed by atoms with Crippen molar-refractivity contribution in [3.63, 3.8) is 0 Å². The van der Waals surface area contributed by atoms with Gasteiger partial charge in [0.2, 0.25) is 0 Å². The van der Waals surface area contributed by atoms with Gasteiger partial charge >= 0.3 is 5.97 Å². The van der Waals surface area contributed by atoms with Gasteiger partial charge in [-0.05, 0) is 66.9 Å². The smallest absolute Gasteiger partial charge is 0.307 e. The predicted molar refractivity (Wildman–Crippen MR) is 102 cm³/mol. The van der Waals surface area contributed by atoms with Crippen molar-refractivity contribution in [2.24, 2.45) is 28.6 Å². The molecular weight excluding hydrogens is 340 g/mol. The lowest BCUT2D eigenvalue weighted by atomic mass is 9.48. The van der Waals surface area contributed by atoms with Crippen molar-refractivity contribution in [2.75, 3.05) is 13.2 Å². The predicted octanol–water partition coefficient (Wildman–Crippen LogP) is 4.75. The molecule has 5 atom stereocenters. The molecule has 4 heteroatoms. The van der Waals surface area contributed by atoms with Gasteiger partial charge in [0, 0.05) is 25.2 Å². The summed E-state index contributed by atoms with van der Waals surface area (Å²) < 4.78 is 17.9. The van der Waals surface area contributed by atoms with E-state index in [0.29, 0.717) is 17.8 Å². The van der Waals surface area contributed by atoms with Crippen LogP contribution in [0.4, 0.5) is 0 Å². The van der Waals surface area contributed by atoms with E-state index in [1.807, 2.05) is 0 Å². The molecule has 0 radical (unpaired) electrons. The molecule has 5 rings (SSSR count). The van der Waals surface area contributed by atoms with Gasteiger partial charge in [-0.2, -0.15) is 0 Å². The van der Waals surface area contributed by atoms with E-state index in [2.05, 4.69) is 26.0 Å². The minimum atomic E-state index is -0.317. The lowest BCUT2D eigenvalue weighted by Crippen LogP contribution is -2.54. The highest BCUT2D eigenvalue weighted by Crippen LogP contribution is 2.68. The van der Waals surface area contributed by atoms with Crippen molar-refractivity contribution < 1.29 is 19.0 Å². The van der Waals surface area contributed by atoms with E-state index in [1.54, 1.807) is 0 Å². The standard InChI is InChI=1S/C23H32O4/c1-15(24)27-17-6-9-21(2)16(14-17)4-5-18-19(21)7-10-22(3)20(18)8-11-23(22)25-12-13-26-23/h4,14,18-20H,5-13H2,1-3H3. The van der Waals surface area contributed by atoms with Crippen LogP contribution in [0.25, 0.3) is 0 Å². The molecule has 1 saturated heterocycles. The van der Waals surface area contributed by atoms with Crippen LogP contribution in [0.3, 0.4) is 0 Å². The van der Waals surface area contributed by atoms with Gasteiger partial charge in [-0.3, -0.25) is 4.79 Å². The fourth-order valence-corrected chi connectivity index (χ4v) is 7.45. The molecule has 2 saturated carbocycles. The summed E-state index contributed by atoms with van der Waals surface area (Å²) in [7, 11) is 0. The van der Waals surface area contributed by atoms with Crippen LogP contribution in [0.1, 0.15) is 65.7 Å². The molecule has 0 N–H and O–H groups in total. The van der Waals surface area contributed by atoms with Gasteiger partial charge in [0.1, 0.15) is 5.76 Å². The Balaban J connectivity index is 1.46. The molecule has 1 aliphatic heterocycles. The summed E-state index contributed by atoms with van der Waals surface area (Å²) in [5, 5.41) is 0. The van der Waals surface area contributed by atoms with Crippen molar-refractivity contribution in [1.29, 1.82) is 0 Å². The van der Waals surface area contributed by atoms with E-state index in [0.717, 1.165) is 44.7 Å². The molecule has 27 heavy (non-hydrogen) atoms. The minimum Gasteiger partial charge on any atom is -0.431 e. The first-order valence-corrected chi connectivity index (χ1v) is 10.8. The number of hydrogen-bond acceptors (Lipinski definition) is 4. The highest BCUT2D eigenvalue weighted by molar-refractivity contribution is 5.67. The zero-order valence-electron chi connectivity index (χ0n) is 16.9. The largest absolute Gasteiger partial charge is 0.431 e. The number of carbonyl (C=O) groups excluding carboxylic acids is 1. The van der Waals surface area contributed by atoms with E-state index in [-0.39, 0.29) is 22.6 Å². The van der Waals surface area contributed by atoms with Crippen LogP contribution in [0.15, 0.2) is 23.5 Å². The van der Waals surface area contributed by atoms with E-state index in [4.69, 9.17) is 14.2 Å². The highest BCUT2D eigenvalue weighted by Gasteiger charge is 2.66. The summed E-state index contributed by atoms with van der Waals surface area (Å²) in [6.07, 6.45) is 12.4. The van der Waals surface area contributed by atoms with Crippen LogP contribution >= 0.6 is 0 Å². The topological polar surface area (TPSA) is 44.8 Å². The summed E-state index contributed by atoms with van der Waals surface area (Å²) in [6, 6.07) is 0. The number of carbonyl (C=O) groups is 1. The van der Waals surface area contributed by atoms with Crippen LogP contribution in [-0.4, -0.2) is 25.0 Å². The monoisotopic (exact) mass is 372 g/mol. The lowest BCUT2D eigenvalue weighted by Gasteiger charge is -2.57. The first-order valence-electron chi connectivity index (χ1n) is 10.8. The number of hydrogen-bond donors (Lipinski definition) is 0. The van der Waals surface area contributed by atoms with E-state index >= 15 is 0 Å². The van der Waals surface area contributed by atoms with Gasteiger partial charge in [-0.1, -0.05) is 19.9 Å². The van der Waals surface area contributed by atoms with Gasteiger partial charge in [-0.15, -0.1) is 0 Å². The van der Waals surface area contributed by atoms with Gasteiger partial charge < -0.3 is 14.2 Å². The third-order valence-corrected chi connectivity index (χ3v) is 8.80. The first-order chi connectivity index (χ1) is 12.9. The summed E-state index contributed by atoms with van der Waals surface area (Å²) in [4.78, 5) is 11.4. The van der Waals surface area contributed by atoms with Crippen molar-refractivity contribution in [3.05, 3.63) is 23.5 Å². The Morgan fingerprint density at radius 3 is 2.59 bits per heavy atom. The first kappa shape index (κ1) is 17.9. The van der Waals surface area contributed by atoms with Gasteiger partial charge in [-0.25, -0.2) is 0 Å². The number of ether oxygens (including phenoxy) is 3. The molecule has 0 aromatic carbocycles. The van der Waals surface area contributed by atoms with Gasteiger partial charge in [0.15, 0.2) is 5.79 Å². The third kappa shape index (κ3) is 2.38. The summed E-state index contributed by atoms with van der Waals surface area (Å²) in [5.41, 5.74) is 1.76. The van der Waals surface area contributed by atoms with E-state index < -0.39 is 0 Å². The van der Waals surface area contributed by atoms with E-state index in [1.165, 1.54) is 31.8 Å². The second-order valence-electron chi connectivity index (χ2n) is 9.84. The molecule has 1 spiro atoms. The summed E-state index contributed by atoms with van der Waals surface area (Å²) >= 11 is 0. The van der Waals surface area contributed by atoms with Crippen molar-refractivity contribution in [2.45, 2.75) is 71.5 Å². The molecular formula is C23H32O4. The molecule has 0 aromatic rings. The summed E-state index contributed by atoms with van der Waals surface area (Å²) in [5.74, 6) is 2.43. The molecule has 4 aliphatic carbocycles. The van der Waals surface area contributed by atoms with Gasteiger partial charge in [0.05, 0.1) is 13.2 Å². The lowest BCUT2D eigenvalue weighted by molar-refractivity contribution is -0.241. The van der Waals surface area contributed by atoms with Crippen molar-refractivity contribution in [3.8, 4) is 0 Å². The Morgan fingerprint density at radius 1 is 1.11 bits per heavy atom. The Bertz CT molecular complexity index is 716. The fourth-order valence-electron chi connectivity index (χ4n) is 7.45. The Hall–Kier alpha value is -1.13. The Kier molecular flexibility index (Phi) is 3.94. The maximum Gasteiger partial charge on any atom is 0.307 e. The average Bonchev–Trinajstić information content (AvgIpc) is 3.21. The summed E-state index contributed by atoms with van der Waals surface area (Å²) in [6.45, 7) is 7.88. The normalized spacial score (nSPS) is 44.8. The number of fused-ring (bicyclic) bond motifs is 6. The second-order valence-corrected chi connectivity index (χ2v) is 9.84. The Morgan fingerprint density at radius 2 is 1.85 bits per heavy atom. The van der Waals surface area contributed by atoms with Crippen LogP contribution in [-0.2, 0) is 19.0 Å². The molecule has 4 nitrogen and oxygen atoms in total. The second kappa shape index (κ2) is 5.93. The molecule has 1 heterocycles. The van der Waals surface area contributed by atoms with Crippen molar-refractivity contribution >= 4 is 5.97 Å². The molecule has 0 bridgehead atoms. The van der Waals surface area contributed by atoms with Crippen LogP contribution in [0.5, 0.6) is 0 Å². The molecule has 0 amide bonds. The fraction of sp³-hybridized carbons (Fsp3) is 0.783. The van der Waals surface area contributed by atoms with Crippen LogP contribution in [0, 0.1) is 28.6 Å². The molecule has 5 aliphatic rings. The maximum absolute atomic E-state index is 11.4. The van der Waals surface area contributed by atoms with Crippen molar-refractivity contribution in [1.82, 2.24) is 0 Å². The Labute approximate surface area is 162 Å². The highest BCUT2D eigenvalue weighted by atomic mass is 16.7. The van der Waals surface area contributed by atoms with Crippen LogP contribution in [0.2, 0.25) is 0 Å². The minimum absolute atomic E-state index is 0.153. The molecule has 3 fully saturated rings. The zero-order valence-corrected chi connectivity index (χ0v) is 16.9. The zero-order chi connectivity index (χ0) is 18.9. The molecule has 148 valence electrons. The maximum atomic E-state index is 11.4. The van der Waals surface area contributed by atoms with Crippen LogP contribution < -0.4 is 0 Å². The number of allylic oxidation sites excluding steroid dienone is 4.